The van der Waals surface area contributed by atoms with Gasteiger partial charge in [-0.1, -0.05) is 0 Å². The van der Waals surface area contributed by atoms with Gasteiger partial charge in [0.2, 0.25) is 0 Å². The van der Waals surface area contributed by atoms with Crippen LogP contribution in [0.4, 0.5) is 43.5 Å². The molecular weight excluding hydrogens is 768 g/mol. The number of carbonyl (C=O) groups is 3. The summed E-state index contributed by atoms with van der Waals surface area (Å²) >= 11 is 0. The average molecular weight is 817 g/mol. The van der Waals surface area contributed by atoms with Gasteiger partial charge in [0, 0.05) is 18.7 Å². The molecule has 5 rings (SSSR count). The van der Waals surface area contributed by atoms with Crippen molar-refractivity contribution in [2.24, 2.45) is 0 Å². The van der Waals surface area contributed by atoms with Crippen molar-refractivity contribution in [1.29, 1.82) is 0 Å². The lowest BCUT2D eigenvalue weighted by Gasteiger charge is -2.46. The number of fused-ring (bicyclic) bond motifs is 1. The van der Waals surface area contributed by atoms with Crippen LogP contribution in [0.25, 0.3) is 22.4 Å². The number of hydrogen-bond donors (Lipinski definition) is 2. The van der Waals surface area contributed by atoms with E-state index in [1.165, 1.54) is 18.6 Å². The van der Waals surface area contributed by atoms with Crippen LogP contribution in [-0.2, 0) is 20.8 Å². The van der Waals surface area contributed by atoms with Gasteiger partial charge >= 0.3 is 18.3 Å². The quantitative estimate of drug-likeness (QED) is 0.134. The maximum absolute atomic E-state index is 14.4. The molecule has 15 nitrogen and oxygen atoms in total. The van der Waals surface area contributed by atoms with Gasteiger partial charge in [-0.15, -0.1) is 0 Å². The highest BCUT2D eigenvalue weighted by atomic mass is 19.3. The topological polar surface area (TPSA) is 174 Å². The predicted octanol–water partition coefficient (Wildman–Crippen LogP) is 7.38. The van der Waals surface area contributed by atoms with Crippen LogP contribution < -0.4 is 15.1 Å². The molecule has 1 aliphatic heterocycles. The summed E-state index contributed by atoms with van der Waals surface area (Å²) in [5.41, 5.74) is -3.41. The zero-order valence-corrected chi connectivity index (χ0v) is 33.8. The van der Waals surface area contributed by atoms with Gasteiger partial charge in [-0.3, -0.25) is 4.98 Å². The summed E-state index contributed by atoms with van der Waals surface area (Å²) in [6, 6.07) is 4.86. The van der Waals surface area contributed by atoms with Crippen molar-refractivity contribution in [3.05, 3.63) is 60.3 Å². The number of alkyl carbamates (subject to hydrolysis) is 1. The van der Waals surface area contributed by atoms with Crippen LogP contribution in [0.2, 0.25) is 0 Å². The zero-order valence-electron chi connectivity index (χ0n) is 33.8. The lowest BCUT2D eigenvalue weighted by molar-refractivity contribution is -0.0664. The molecule has 2 N–H and O–H groups in total. The summed E-state index contributed by atoms with van der Waals surface area (Å²) in [4.78, 5) is 59.8. The highest BCUT2D eigenvalue weighted by Gasteiger charge is 2.48. The number of hydrogen-bond acceptors (Lipinski definition) is 12. The number of benzene rings is 1. The van der Waals surface area contributed by atoms with Gasteiger partial charge in [-0.2, -0.15) is 4.90 Å². The largest absolute Gasteiger partial charge is 0.444 e. The molecule has 3 aromatic heterocycles. The number of amides is 3. The van der Waals surface area contributed by atoms with E-state index in [9.17, 15) is 37.1 Å². The monoisotopic (exact) mass is 816 g/mol. The first-order valence-electron chi connectivity index (χ1n) is 18.4. The third-order valence-corrected chi connectivity index (χ3v) is 8.69. The fourth-order valence-corrected chi connectivity index (χ4v) is 6.36. The number of imidazole rings is 1. The maximum atomic E-state index is 14.4. The first-order chi connectivity index (χ1) is 26.9. The Morgan fingerprint density at radius 1 is 0.897 bits per heavy atom. The summed E-state index contributed by atoms with van der Waals surface area (Å²) in [7, 11) is 0. The van der Waals surface area contributed by atoms with Crippen molar-refractivity contribution in [1.82, 2.24) is 29.8 Å². The second-order valence-corrected chi connectivity index (χ2v) is 17.0. The van der Waals surface area contributed by atoms with E-state index in [1.807, 2.05) is 0 Å². The molecule has 314 valence electrons. The highest BCUT2D eigenvalue weighted by Crippen LogP contribution is 2.35. The summed E-state index contributed by atoms with van der Waals surface area (Å²) in [6.07, 6.45) is -4.51. The molecular formula is C39H48F4N8O7. The first kappa shape index (κ1) is 43.5. The van der Waals surface area contributed by atoms with E-state index >= 15 is 0 Å². The van der Waals surface area contributed by atoms with Crippen molar-refractivity contribution in [2.45, 2.75) is 117 Å². The van der Waals surface area contributed by atoms with Crippen LogP contribution in [0, 0.1) is 11.6 Å². The Hall–Kier alpha value is -5.59. The van der Waals surface area contributed by atoms with E-state index in [4.69, 9.17) is 14.2 Å². The van der Waals surface area contributed by atoms with E-state index in [-0.39, 0.29) is 60.7 Å². The molecule has 0 bridgehead atoms. The third kappa shape index (κ3) is 10.3. The lowest BCUT2D eigenvalue weighted by atomic mass is 9.83. The Bertz CT molecular complexity index is 2140. The minimum atomic E-state index is -3.23. The molecule has 4 heterocycles. The van der Waals surface area contributed by atoms with Gasteiger partial charge in [-0.05, 0) is 105 Å². The van der Waals surface area contributed by atoms with Crippen LogP contribution >= 0.6 is 0 Å². The molecule has 19 heteroatoms. The fourth-order valence-electron chi connectivity index (χ4n) is 6.36. The Labute approximate surface area is 332 Å². The first-order valence-corrected chi connectivity index (χ1v) is 18.4. The van der Waals surface area contributed by atoms with E-state index < -0.39 is 64.8 Å². The summed E-state index contributed by atoms with van der Waals surface area (Å²) in [5.74, 6) is -2.41. The number of aliphatic hydroxyl groups is 1. The summed E-state index contributed by atoms with van der Waals surface area (Å²) in [5, 5.41) is 13.4. The number of aromatic nitrogens is 5. The average Bonchev–Trinajstić information content (AvgIpc) is 3.50. The molecule has 0 spiro atoms. The second-order valence-electron chi connectivity index (χ2n) is 17.0. The Morgan fingerprint density at radius 3 is 2.12 bits per heavy atom. The molecule has 1 fully saturated rings. The normalized spacial score (nSPS) is 16.9. The van der Waals surface area contributed by atoms with Gasteiger partial charge < -0.3 is 34.1 Å². The zero-order chi connectivity index (χ0) is 43.0. The number of nitrogens with zero attached hydrogens (tertiary/aromatic N) is 7. The Kier molecular flexibility index (Phi) is 12.3. The van der Waals surface area contributed by atoms with Crippen LogP contribution in [0.3, 0.4) is 0 Å². The number of halogens is 4. The molecule has 4 aromatic rings. The van der Waals surface area contributed by atoms with Crippen molar-refractivity contribution in [3.8, 4) is 11.3 Å². The van der Waals surface area contributed by atoms with Gasteiger partial charge in [0.15, 0.2) is 28.6 Å². The number of aliphatic hydroxyl groups excluding tert-OH is 1. The van der Waals surface area contributed by atoms with Crippen molar-refractivity contribution >= 4 is 40.9 Å². The smallest absolute Gasteiger partial charge is 0.425 e. The van der Waals surface area contributed by atoms with E-state index in [1.54, 1.807) is 77.8 Å². The molecule has 58 heavy (non-hydrogen) atoms. The Balaban J connectivity index is 1.62. The standard InChI is InChI=1S/C39H48F4N8O7/c1-36(2,3)56-33(53)48-39(29(52)30(42)43)13-10-14-49(19-39)27-17-44-26(22-11-12-24(40)25(41)15-22)16-23(27)18-50-21-47-28-31(50)45-20-46-32(28)51(34(54)57-37(4,5)6)35(55)58-38(7,8)9/h11-12,15-17,20-21,29-30,52H,10,13-14,18-19H2,1-9H3,(H,48,53). The van der Waals surface area contributed by atoms with Crippen LogP contribution in [0.15, 0.2) is 43.1 Å². The minimum Gasteiger partial charge on any atom is -0.444 e. The molecule has 2 unspecified atom stereocenters. The third-order valence-electron chi connectivity index (χ3n) is 8.69. The van der Waals surface area contributed by atoms with Crippen molar-refractivity contribution in [2.75, 3.05) is 22.9 Å². The predicted molar refractivity (Wildman–Crippen MR) is 205 cm³/mol. The lowest BCUT2D eigenvalue weighted by Crippen LogP contribution is -2.67. The molecule has 0 saturated carbocycles. The number of nitrogens with one attached hydrogen (secondary N) is 1. The molecule has 1 saturated heterocycles. The van der Waals surface area contributed by atoms with E-state index in [0.29, 0.717) is 16.2 Å². The number of pyridine rings is 1. The van der Waals surface area contributed by atoms with Crippen LogP contribution in [0.1, 0.15) is 80.7 Å². The molecule has 1 aliphatic rings. The molecule has 0 radical (unpaired) electrons. The number of carbonyl (C=O) groups excluding carboxylic acids is 3. The number of alkyl halides is 2. The minimum absolute atomic E-state index is 0.00857. The number of rotatable bonds is 8. The fraction of sp³-hybridized carbons (Fsp3) is 0.513. The van der Waals surface area contributed by atoms with Gasteiger partial charge in [-0.25, -0.2) is 46.9 Å². The number of anilines is 2. The van der Waals surface area contributed by atoms with E-state index in [0.717, 1.165) is 18.5 Å². The van der Waals surface area contributed by atoms with Gasteiger partial charge in [0.1, 0.15) is 29.2 Å². The number of ether oxygens (including phenoxy) is 3. The highest BCUT2D eigenvalue weighted by molar-refractivity contribution is 6.12. The number of piperidine rings is 1. The van der Waals surface area contributed by atoms with Crippen molar-refractivity contribution in [3.63, 3.8) is 0 Å². The number of imide groups is 1. The molecule has 0 aliphatic carbocycles. The Morgan fingerprint density at radius 2 is 1.53 bits per heavy atom. The van der Waals surface area contributed by atoms with Gasteiger partial charge in [0.05, 0.1) is 36.0 Å². The molecule has 3 amide bonds. The maximum Gasteiger partial charge on any atom is 0.425 e. The second kappa shape index (κ2) is 16.3. The SMILES string of the molecule is CC(C)(C)OC(=O)NC1(C(O)C(F)F)CCCN(c2cnc(-c3ccc(F)c(F)c3)cc2Cn2cnc3c(N(C(=O)OC(C)(C)C)C(=O)OC(C)(C)C)ncnc32)C1. The van der Waals surface area contributed by atoms with Crippen LogP contribution in [-0.4, -0.2) is 95.9 Å². The van der Waals surface area contributed by atoms with Crippen LogP contribution in [0.5, 0.6) is 0 Å². The molecule has 2 atom stereocenters. The molecule has 1 aromatic carbocycles. The summed E-state index contributed by atoms with van der Waals surface area (Å²) < 4.78 is 74.9. The summed E-state index contributed by atoms with van der Waals surface area (Å²) in [6.45, 7) is 14.5. The van der Waals surface area contributed by atoms with E-state index in [2.05, 4.69) is 25.3 Å². The van der Waals surface area contributed by atoms with Crippen molar-refractivity contribution < 1.29 is 51.3 Å². The van der Waals surface area contributed by atoms with Gasteiger partial charge in [0.25, 0.3) is 6.43 Å².